The van der Waals surface area contributed by atoms with Gasteiger partial charge in [0.2, 0.25) is 11.8 Å². The Hall–Kier alpha value is -2.58. The van der Waals surface area contributed by atoms with Crippen molar-refractivity contribution in [3.8, 4) is 5.75 Å². The van der Waals surface area contributed by atoms with Gasteiger partial charge in [-0.15, -0.1) is 0 Å². The maximum absolute atomic E-state index is 12.8. The van der Waals surface area contributed by atoms with Gasteiger partial charge in [-0.1, -0.05) is 11.6 Å². The molecule has 1 N–H and O–H groups in total. The molecule has 1 atom stereocenters. The Morgan fingerprint density at radius 2 is 1.94 bits per heavy atom. The molecule has 1 heterocycles. The smallest absolute Gasteiger partial charge is 0.230 e. The number of fused-ring (bicyclic) bond motifs is 1. The van der Waals surface area contributed by atoms with Crippen molar-refractivity contribution in [1.29, 1.82) is 0 Å². The molecule has 2 amide bonds. The first-order valence-electron chi connectivity index (χ1n) is 10.5. The summed E-state index contributed by atoms with van der Waals surface area (Å²) in [4.78, 5) is 26.8. The number of rotatable bonds is 7. The molecule has 1 aliphatic carbocycles. The largest absolute Gasteiger partial charge is 0.495 e. The quantitative estimate of drug-likeness (QED) is 0.655. The number of benzene rings is 2. The first kappa shape index (κ1) is 22.6. The van der Waals surface area contributed by atoms with E-state index < -0.39 is 15.7 Å². The van der Waals surface area contributed by atoms with E-state index in [1.807, 2.05) is 6.92 Å². The molecule has 2 aromatic rings. The van der Waals surface area contributed by atoms with E-state index in [4.69, 9.17) is 16.3 Å². The normalized spacial score (nSPS) is 17.7. The van der Waals surface area contributed by atoms with Crippen LogP contribution in [0.2, 0.25) is 5.02 Å². The average molecular weight is 477 g/mol. The first-order chi connectivity index (χ1) is 15.2. The number of halogens is 1. The van der Waals surface area contributed by atoms with Gasteiger partial charge in [0.25, 0.3) is 0 Å². The van der Waals surface area contributed by atoms with Gasteiger partial charge in [-0.05, 0) is 68.1 Å². The molecule has 7 nitrogen and oxygen atoms in total. The monoisotopic (exact) mass is 476 g/mol. The molecule has 2 aliphatic rings. The topological polar surface area (TPSA) is 92.8 Å². The van der Waals surface area contributed by atoms with Crippen LogP contribution < -0.4 is 15.0 Å². The molecular formula is C23H25ClN2O5S. The van der Waals surface area contributed by atoms with E-state index in [2.05, 4.69) is 5.32 Å². The van der Waals surface area contributed by atoms with Gasteiger partial charge in [0.1, 0.15) is 5.75 Å². The number of hydrogen-bond acceptors (Lipinski definition) is 5. The molecule has 9 heteroatoms. The zero-order chi connectivity index (χ0) is 23.0. The summed E-state index contributed by atoms with van der Waals surface area (Å²) in [5.41, 5.74) is 2.11. The van der Waals surface area contributed by atoms with Gasteiger partial charge in [0, 0.05) is 29.8 Å². The van der Waals surface area contributed by atoms with Crippen LogP contribution in [-0.2, 0) is 25.8 Å². The maximum atomic E-state index is 12.8. The Morgan fingerprint density at radius 1 is 1.19 bits per heavy atom. The minimum atomic E-state index is -3.66. The highest BCUT2D eigenvalue weighted by atomic mass is 35.5. The lowest BCUT2D eigenvalue weighted by Crippen LogP contribution is -2.36. The third-order valence-electron chi connectivity index (χ3n) is 5.82. The molecule has 1 fully saturated rings. The summed E-state index contributed by atoms with van der Waals surface area (Å²) >= 11 is 6.05. The summed E-state index contributed by atoms with van der Waals surface area (Å²) in [5.74, 6) is -0.0312. The van der Waals surface area contributed by atoms with Crippen LogP contribution in [-0.4, -0.2) is 39.1 Å². The zero-order valence-corrected chi connectivity index (χ0v) is 19.5. The van der Waals surface area contributed by atoms with E-state index in [9.17, 15) is 18.0 Å². The number of sulfone groups is 1. The molecule has 2 aromatic carbocycles. The molecule has 1 aliphatic heterocycles. The van der Waals surface area contributed by atoms with Crippen molar-refractivity contribution >= 4 is 44.6 Å². The highest BCUT2D eigenvalue weighted by Crippen LogP contribution is 2.39. The fourth-order valence-electron chi connectivity index (χ4n) is 3.98. The molecule has 1 saturated carbocycles. The van der Waals surface area contributed by atoms with Crippen LogP contribution >= 0.6 is 11.6 Å². The van der Waals surface area contributed by atoms with Crippen molar-refractivity contribution in [2.24, 2.45) is 5.92 Å². The third-order valence-corrected chi connectivity index (χ3v) is 7.83. The predicted molar refractivity (Wildman–Crippen MR) is 123 cm³/mol. The van der Waals surface area contributed by atoms with Crippen LogP contribution in [0.4, 0.5) is 11.4 Å². The number of ether oxygens (including phenoxy) is 1. The molecular weight excluding hydrogens is 452 g/mol. The van der Waals surface area contributed by atoms with E-state index in [-0.39, 0.29) is 34.9 Å². The summed E-state index contributed by atoms with van der Waals surface area (Å²) in [7, 11) is -2.17. The summed E-state index contributed by atoms with van der Waals surface area (Å²) < 4.78 is 30.8. The molecule has 4 rings (SSSR count). The Kier molecular flexibility index (Phi) is 6.18. The van der Waals surface area contributed by atoms with Gasteiger partial charge in [-0.3, -0.25) is 9.59 Å². The second-order valence-corrected chi connectivity index (χ2v) is 10.8. The van der Waals surface area contributed by atoms with Crippen LogP contribution in [0.1, 0.15) is 31.7 Å². The van der Waals surface area contributed by atoms with Crippen LogP contribution in [0.3, 0.4) is 0 Å². The summed E-state index contributed by atoms with van der Waals surface area (Å²) in [6.07, 6.45) is 2.28. The van der Waals surface area contributed by atoms with Crippen molar-refractivity contribution in [2.75, 3.05) is 23.1 Å². The van der Waals surface area contributed by atoms with E-state index in [1.54, 1.807) is 35.2 Å². The van der Waals surface area contributed by atoms with Crippen molar-refractivity contribution in [3.63, 3.8) is 0 Å². The Balaban J connectivity index is 1.42. The fourth-order valence-corrected chi connectivity index (χ4v) is 5.52. The van der Waals surface area contributed by atoms with Crippen LogP contribution in [0.15, 0.2) is 41.3 Å². The molecule has 170 valence electrons. The van der Waals surface area contributed by atoms with Crippen molar-refractivity contribution < 1.29 is 22.7 Å². The molecule has 0 unspecified atom stereocenters. The van der Waals surface area contributed by atoms with E-state index >= 15 is 0 Å². The lowest BCUT2D eigenvalue weighted by Gasteiger charge is -2.22. The van der Waals surface area contributed by atoms with E-state index in [0.29, 0.717) is 22.9 Å². The van der Waals surface area contributed by atoms with Crippen molar-refractivity contribution in [1.82, 2.24) is 0 Å². The maximum Gasteiger partial charge on any atom is 0.230 e. The zero-order valence-electron chi connectivity index (χ0n) is 17.9. The molecule has 0 radical (unpaired) electrons. The second-order valence-electron chi connectivity index (χ2n) is 8.29. The number of methoxy groups -OCH3 is 1. The predicted octanol–water partition coefficient (Wildman–Crippen LogP) is 3.84. The number of carbonyl (C=O) groups is 2. The standard InChI is InChI=1S/C23H25ClN2O5S/c1-14-11-16-12-18(6-7-20(16)26(14)23(28)15-3-4-15)32(29,30)10-9-22(27)25-17-5-8-21(31-2)19(24)13-17/h5-8,12-15H,3-4,9-11H2,1-2H3,(H,25,27)/t14-/m1/s1. The number of hydrogen-bond donors (Lipinski definition) is 1. The summed E-state index contributed by atoms with van der Waals surface area (Å²) in [6, 6.07) is 9.70. The van der Waals surface area contributed by atoms with Gasteiger partial charge in [0.15, 0.2) is 9.84 Å². The second kappa shape index (κ2) is 8.75. The van der Waals surface area contributed by atoms with Crippen LogP contribution in [0.25, 0.3) is 0 Å². The summed E-state index contributed by atoms with van der Waals surface area (Å²) in [6.45, 7) is 1.98. The van der Waals surface area contributed by atoms with Crippen LogP contribution in [0, 0.1) is 5.92 Å². The van der Waals surface area contributed by atoms with Gasteiger partial charge in [-0.25, -0.2) is 8.42 Å². The fraction of sp³-hybridized carbons (Fsp3) is 0.391. The minimum absolute atomic E-state index is 0.0122. The minimum Gasteiger partial charge on any atom is -0.495 e. The first-order valence-corrected chi connectivity index (χ1v) is 12.5. The number of anilines is 2. The van der Waals surface area contributed by atoms with E-state index in [1.165, 1.54) is 13.2 Å². The highest BCUT2D eigenvalue weighted by molar-refractivity contribution is 7.91. The summed E-state index contributed by atoms with van der Waals surface area (Å²) in [5, 5.41) is 3.00. The van der Waals surface area contributed by atoms with Gasteiger partial charge >= 0.3 is 0 Å². The SMILES string of the molecule is COc1ccc(NC(=O)CCS(=O)(=O)c2ccc3c(c2)C[C@@H](C)N3C(=O)C2CC2)cc1Cl. The van der Waals surface area contributed by atoms with Gasteiger partial charge < -0.3 is 15.0 Å². The molecule has 0 saturated heterocycles. The lowest BCUT2D eigenvalue weighted by molar-refractivity contribution is -0.120. The molecule has 0 spiro atoms. The number of carbonyl (C=O) groups excluding carboxylic acids is 2. The van der Waals surface area contributed by atoms with Crippen molar-refractivity contribution in [2.45, 2.75) is 43.5 Å². The lowest BCUT2D eigenvalue weighted by atomic mass is 10.1. The van der Waals surface area contributed by atoms with E-state index in [0.717, 1.165) is 24.1 Å². The highest BCUT2D eigenvalue weighted by Gasteiger charge is 2.39. The van der Waals surface area contributed by atoms with Crippen molar-refractivity contribution in [3.05, 3.63) is 47.0 Å². The van der Waals surface area contributed by atoms with Crippen LogP contribution in [0.5, 0.6) is 5.75 Å². The number of amides is 2. The van der Waals surface area contributed by atoms with Gasteiger partial charge in [0.05, 0.1) is 22.8 Å². The average Bonchev–Trinajstić information content (AvgIpc) is 3.54. The Bertz CT molecular complexity index is 1180. The molecule has 0 aromatic heterocycles. The number of nitrogens with zero attached hydrogens (tertiary/aromatic N) is 1. The molecule has 32 heavy (non-hydrogen) atoms. The third kappa shape index (κ3) is 4.61. The number of nitrogens with one attached hydrogen (secondary N) is 1. The Morgan fingerprint density at radius 3 is 2.59 bits per heavy atom. The Labute approximate surface area is 192 Å². The van der Waals surface area contributed by atoms with Gasteiger partial charge in [-0.2, -0.15) is 0 Å². The molecule has 0 bridgehead atoms.